The summed E-state index contributed by atoms with van der Waals surface area (Å²) in [6, 6.07) is 0. The van der Waals surface area contributed by atoms with Crippen LogP contribution in [0.3, 0.4) is 0 Å². The lowest BCUT2D eigenvalue weighted by molar-refractivity contribution is 0.225. The SMILES string of the molecule is CCCSCC(O)CSCC. The Morgan fingerprint density at radius 1 is 1.18 bits per heavy atom. The van der Waals surface area contributed by atoms with Crippen molar-refractivity contribution in [2.45, 2.75) is 26.4 Å². The lowest BCUT2D eigenvalue weighted by atomic mass is 10.5. The van der Waals surface area contributed by atoms with E-state index in [1.165, 1.54) is 12.2 Å². The first kappa shape index (κ1) is 11.7. The summed E-state index contributed by atoms with van der Waals surface area (Å²) in [5.74, 6) is 4.08. The van der Waals surface area contributed by atoms with Crippen LogP contribution in [0.1, 0.15) is 20.3 Å². The summed E-state index contributed by atoms with van der Waals surface area (Å²) in [5, 5.41) is 9.37. The Morgan fingerprint density at radius 3 is 2.36 bits per heavy atom. The lowest BCUT2D eigenvalue weighted by Gasteiger charge is -2.07. The maximum Gasteiger partial charge on any atom is 0.0720 e. The maximum absolute atomic E-state index is 9.37. The van der Waals surface area contributed by atoms with E-state index in [0.29, 0.717) is 0 Å². The summed E-state index contributed by atoms with van der Waals surface area (Å²) in [6.45, 7) is 4.29. The van der Waals surface area contributed by atoms with Gasteiger partial charge in [0.05, 0.1) is 6.10 Å². The van der Waals surface area contributed by atoms with E-state index in [9.17, 15) is 5.11 Å². The monoisotopic (exact) mass is 194 g/mol. The van der Waals surface area contributed by atoms with Crippen molar-refractivity contribution in [2.24, 2.45) is 0 Å². The van der Waals surface area contributed by atoms with Crippen molar-refractivity contribution in [3.05, 3.63) is 0 Å². The minimum atomic E-state index is -0.100. The van der Waals surface area contributed by atoms with Crippen LogP contribution < -0.4 is 0 Å². The van der Waals surface area contributed by atoms with Crippen molar-refractivity contribution < 1.29 is 5.11 Å². The highest BCUT2D eigenvalue weighted by atomic mass is 32.2. The van der Waals surface area contributed by atoms with Crippen molar-refractivity contribution in [1.29, 1.82) is 0 Å². The highest BCUT2D eigenvalue weighted by Gasteiger charge is 2.02. The number of aliphatic hydroxyl groups is 1. The minimum Gasteiger partial charge on any atom is -0.391 e. The number of hydrogen-bond donors (Lipinski definition) is 1. The molecule has 0 saturated heterocycles. The zero-order valence-corrected chi connectivity index (χ0v) is 9.01. The average Bonchev–Trinajstić information content (AvgIpc) is 2.01. The van der Waals surface area contributed by atoms with Crippen molar-refractivity contribution in [1.82, 2.24) is 0 Å². The summed E-state index contributed by atoms with van der Waals surface area (Å²) in [5.41, 5.74) is 0. The van der Waals surface area contributed by atoms with Gasteiger partial charge < -0.3 is 5.11 Å². The molecular weight excluding hydrogens is 176 g/mol. The maximum atomic E-state index is 9.37. The first-order chi connectivity index (χ1) is 5.31. The largest absolute Gasteiger partial charge is 0.391 e. The van der Waals surface area contributed by atoms with Gasteiger partial charge in [-0.05, 0) is 17.9 Å². The van der Waals surface area contributed by atoms with Crippen LogP contribution in [0.25, 0.3) is 0 Å². The standard InChI is InChI=1S/C8H18OS2/c1-3-5-11-7-8(9)6-10-4-2/h8-9H,3-7H2,1-2H3. The molecule has 0 amide bonds. The van der Waals surface area contributed by atoms with Crippen LogP contribution in [-0.2, 0) is 0 Å². The molecule has 68 valence electrons. The zero-order chi connectivity index (χ0) is 8.53. The Hall–Kier alpha value is 0.660. The molecule has 11 heavy (non-hydrogen) atoms. The van der Waals surface area contributed by atoms with Gasteiger partial charge in [-0.2, -0.15) is 23.5 Å². The number of aliphatic hydroxyl groups excluding tert-OH is 1. The van der Waals surface area contributed by atoms with Gasteiger partial charge in [-0.15, -0.1) is 0 Å². The van der Waals surface area contributed by atoms with Crippen LogP contribution in [0.2, 0.25) is 0 Å². The second kappa shape index (κ2) is 8.75. The topological polar surface area (TPSA) is 20.2 Å². The van der Waals surface area contributed by atoms with Gasteiger partial charge in [-0.3, -0.25) is 0 Å². The molecule has 0 radical (unpaired) electrons. The summed E-state index contributed by atoms with van der Waals surface area (Å²) < 4.78 is 0. The molecule has 0 heterocycles. The van der Waals surface area contributed by atoms with Gasteiger partial charge in [-0.1, -0.05) is 13.8 Å². The third-order valence-electron chi connectivity index (χ3n) is 1.17. The highest BCUT2D eigenvalue weighted by molar-refractivity contribution is 8.00. The molecule has 0 aromatic carbocycles. The molecule has 0 aromatic rings. The van der Waals surface area contributed by atoms with Gasteiger partial charge in [0.1, 0.15) is 0 Å². The lowest BCUT2D eigenvalue weighted by Crippen LogP contribution is -2.13. The molecule has 1 unspecified atom stereocenters. The Labute approximate surface area is 78.3 Å². The molecule has 3 heteroatoms. The van der Waals surface area contributed by atoms with E-state index in [1.807, 2.05) is 23.5 Å². The fraction of sp³-hybridized carbons (Fsp3) is 1.00. The molecule has 0 aliphatic heterocycles. The van der Waals surface area contributed by atoms with Gasteiger partial charge in [0.15, 0.2) is 0 Å². The van der Waals surface area contributed by atoms with Crippen molar-refractivity contribution >= 4 is 23.5 Å². The number of hydrogen-bond acceptors (Lipinski definition) is 3. The Kier molecular flexibility index (Phi) is 9.28. The molecule has 0 saturated carbocycles. The highest BCUT2D eigenvalue weighted by Crippen LogP contribution is 2.09. The van der Waals surface area contributed by atoms with Crippen LogP contribution in [0.4, 0.5) is 0 Å². The molecular formula is C8H18OS2. The van der Waals surface area contributed by atoms with E-state index in [1.54, 1.807) is 0 Å². The van der Waals surface area contributed by atoms with Crippen LogP contribution in [0.5, 0.6) is 0 Å². The normalized spacial score (nSPS) is 13.4. The van der Waals surface area contributed by atoms with Gasteiger partial charge >= 0.3 is 0 Å². The second-order valence-corrected chi connectivity index (χ2v) is 4.86. The molecule has 0 rings (SSSR count). The van der Waals surface area contributed by atoms with E-state index in [0.717, 1.165) is 17.3 Å². The smallest absolute Gasteiger partial charge is 0.0720 e. The Balaban J connectivity index is 3.02. The molecule has 1 nitrogen and oxygen atoms in total. The fourth-order valence-electron chi connectivity index (χ4n) is 0.666. The summed E-state index contributed by atoms with van der Waals surface area (Å²) in [4.78, 5) is 0. The minimum absolute atomic E-state index is 0.100. The van der Waals surface area contributed by atoms with Crippen molar-refractivity contribution in [3.8, 4) is 0 Å². The van der Waals surface area contributed by atoms with Crippen LogP contribution in [0, 0.1) is 0 Å². The quantitative estimate of drug-likeness (QED) is 0.628. The predicted octanol–water partition coefficient (Wildman–Crippen LogP) is 2.24. The van der Waals surface area contributed by atoms with Crippen LogP contribution in [-0.4, -0.2) is 34.2 Å². The van der Waals surface area contributed by atoms with E-state index >= 15 is 0 Å². The molecule has 0 spiro atoms. The predicted molar refractivity (Wildman–Crippen MR) is 56.6 cm³/mol. The van der Waals surface area contributed by atoms with E-state index < -0.39 is 0 Å². The molecule has 0 aliphatic carbocycles. The Bertz CT molecular complexity index is 78.5. The summed E-state index contributed by atoms with van der Waals surface area (Å²) in [7, 11) is 0. The summed E-state index contributed by atoms with van der Waals surface area (Å²) >= 11 is 3.66. The summed E-state index contributed by atoms with van der Waals surface area (Å²) in [6.07, 6.45) is 1.11. The number of rotatable bonds is 7. The first-order valence-corrected chi connectivity index (χ1v) is 6.45. The van der Waals surface area contributed by atoms with Crippen LogP contribution >= 0.6 is 23.5 Å². The van der Waals surface area contributed by atoms with E-state index in [4.69, 9.17) is 0 Å². The van der Waals surface area contributed by atoms with Gasteiger partial charge in [-0.25, -0.2) is 0 Å². The molecule has 1 atom stereocenters. The average molecular weight is 194 g/mol. The van der Waals surface area contributed by atoms with E-state index in [-0.39, 0.29) is 6.10 Å². The third kappa shape index (κ3) is 8.57. The number of thioether (sulfide) groups is 2. The van der Waals surface area contributed by atoms with Gasteiger partial charge in [0.25, 0.3) is 0 Å². The molecule has 0 fully saturated rings. The van der Waals surface area contributed by atoms with Gasteiger partial charge in [0.2, 0.25) is 0 Å². The van der Waals surface area contributed by atoms with Crippen molar-refractivity contribution in [3.63, 3.8) is 0 Å². The second-order valence-electron chi connectivity index (χ2n) is 2.39. The molecule has 0 aliphatic rings. The molecule has 0 bridgehead atoms. The fourth-order valence-corrected chi connectivity index (χ4v) is 2.29. The van der Waals surface area contributed by atoms with Gasteiger partial charge in [0, 0.05) is 11.5 Å². The van der Waals surface area contributed by atoms with Crippen molar-refractivity contribution in [2.75, 3.05) is 23.0 Å². The van der Waals surface area contributed by atoms with E-state index in [2.05, 4.69) is 13.8 Å². The molecule has 1 N–H and O–H groups in total. The zero-order valence-electron chi connectivity index (χ0n) is 7.38. The Morgan fingerprint density at radius 2 is 1.82 bits per heavy atom. The third-order valence-corrected chi connectivity index (χ3v) is 3.52. The molecule has 0 aromatic heterocycles. The first-order valence-electron chi connectivity index (χ1n) is 4.14. The van der Waals surface area contributed by atoms with Crippen LogP contribution in [0.15, 0.2) is 0 Å².